The Morgan fingerprint density at radius 3 is 2.40 bits per heavy atom. The Morgan fingerprint density at radius 2 is 1.80 bits per heavy atom. The number of ketones is 1. The highest BCUT2D eigenvalue weighted by Crippen LogP contribution is 2.54. The number of methoxy groups -OCH3 is 3. The van der Waals surface area contributed by atoms with Gasteiger partial charge in [-0.15, -0.1) is 0 Å². The minimum absolute atomic E-state index is 0.118. The van der Waals surface area contributed by atoms with Crippen molar-refractivity contribution >= 4 is 5.78 Å². The minimum Gasteiger partial charge on any atom is -0.497 e. The minimum atomic E-state index is -1.05. The van der Waals surface area contributed by atoms with Crippen LogP contribution in [0.1, 0.15) is 65.4 Å². The number of hydrogen-bond acceptors (Lipinski definition) is 5. The fourth-order valence-electron chi connectivity index (χ4n) is 5.05. The molecule has 2 atom stereocenters. The zero-order chi connectivity index (χ0) is 22.2. The first kappa shape index (κ1) is 23.0. The largest absolute Gasteiger partial charge is 0.497 e. The van der Waals surface area contributed by atoms with Gasteiger partial charge < -0.3 is 18.9 Å². The molecule has 1 fully saturated rings. The Bertz CT molecular complexity index is 815. The number of carbonyl (C=O) groups is 1. The summed E-state index contributed by atoms with van der Waals surface area (Å²) in [5, 5.41) is 0. The molecule has 0 N–H and O–H groups in total. The van der Waals surface area contributed by atoms with E-state index in [0.29, 0.717) is 12.8 Å². The summed E-state index contributed by atoms with van der Waals surface area (Å²) < 4.78 is 23.7. The Kier molecular flexibility index (Phi) is 6.47. The molecule has 3 rings (SSSR count). The maximum absolute atomic E-state index is 13.1. The zero-order valence-electron chi connectivity index (χ0n) is 19.5. The molecular weight excluding hydrogens is 380 g/mol. The molecule has 1 saturated carbocycles. The van der Waals surface area contributed by atoms with Crippen molar-refractivity contribution < 1.29 is 23.7 Å². The van der Waals surface area contributed by atoms with Crippen LogP contribution in [0.4, 0.5) is 0 Å². The molecule has 0 aromatic heterocycles. The molecule has 0 heterocycles. The molecule has 0 bridgehead atoms. The number of rotatable bonds is 7. The Hall–Kier alpha value is -1.69. The van der Waals surface area contributed by atoms with E-state index in [0.717, 1.165) is 36.1 Å². The van der Waals surface area contributed by atoms with Crippen LogP contribution in [0.25, 0.3) is 0 Å². The van der Waals surface area contributed by atoms with Crippen molar-refractivity contribution in [2.75, 3.05) is 21.3 Å². The molecule has 166 valence electrons. The van der Waals surface area contributed by atoms with Crippen LogP contribution in [0.3, 0.4) is 0 Å². The maximum Gasteiger partial charge on any atom is 0.198 e. The second-order valence-electron chi connectivity index (χ2n) is 9.63. The van der Waals surface area contributed by atoms with E-state index >= 15 is 0 Å². The SMILES string of the molecule is COc1cccc(C(CC2=C3CC[C@H](OC(C)(C)C)[C@@]3(C)CCC2=O)(OC)OC)c1. The quantitative estimate of drug-likeness (QED) is 0.574. The number of benzene rings is 1. The van der Waals surface area contributed by atoms with Crippen molar-refractivity contribution in [2.45, 2.75) is 77.3 Å². The maximum atomic E-state index is 13.1. The van der Waals surface area contributed by atoms with Gasteiger partial charge in [0.1, 0.15) is 5.75 Å². The molecule has 0 saturated heterocycles. The van der Waals surface area contributed by atoms with Crippen LogP contribution in [-0.2, 0) is 24.8 Å². The summed E-state index contributed by atoms with van der Waals surface area (Å²) in [4.78, 5) is 13.1. The van der Waals surface area contributed by atoms with Gasteiger partial charge in [0.15, 0.2) is 11.6 Å². The highest BCUT2D eigenvalue weighted by Gasteiger charge is 2.50. The summed E-state index contributed by atoms with van der Waals surface area (Å²) >= 11 is 0. The first-order chi connectivity index (χ1) is 14.1. The van der Waals surface area contributed by atoms with Crippen molar-refractivity contribution in [2.24, 2.45) is 5.41 Å². The van der Waals surface area contributed by atoms with E-state index in [9.17, 15) is 4.79 Å². The first-order valence-electron chi connectivity index (χ1n) is 10.8. The van der Waals surface area contributed by atoms with Gasteiger partial charge in [0.05, 0.1) is 18.8 Å². The molecule has 30 heavy (non-hydrogen) atoms. The van der Waals surface area contributed by atoms with Crippen LogP contribution in [0, 0.1) is 5.41 Å². The van der Waals surface area contributed by atoms with E-state index in [1.54, 1.807) is 21.3 Å². The lowest BCUT2D eigenvalue weighted by molar-refractivity contribution is -0.215. The molecule has 0 spiro atoms. The van der Waals surface area contributed by atoms with Crippen molar-refractivity contribution in [1.82, 2.24) is 0 Å². The van der Waals surface area contributed by atoms with Gasteiger partial charge in [-0.2, -0.15) is 0 Å². The highest BCUT2D eigenvalue weighted by atomic mass is 16.7. The molecule has 5 nitrogen and oxygen atoms in total. The number of hydrogen-bond donors (Lipinski definition) is 0. The Balaban J connectivity index is 2.02. The molecule has 1 aromatic carbocycles. The molecule has 5 heteroatoms. The van der Waals surface area contributed by atoms with E-state index in [-0.39, 0.29) is 22.9 Å². The number of carbonyl (C=O) groups excluding carboxylic acids is 1. The average molecular weight is 417 g/mol. The summed E-state index contributed by atoms with van der Waals surface area (Å²) in [6.45, 7) is 8.54. The van der Waals surface area contributed by atoms with E-state index in [1.807, 2.05) is 24.3 Å². The monoisotopic (exact) mass is 416 g/mol. The highest BCUT2D eigenvalue weighted by molar-refractivity contribution is 5.97. The number of ether oxygens (including phenoxy) is 4. The van der Waals surface area contributed by atoms with Crippen molar-refractivity contribution in [3.8, 4) is 5.75 Å². The molecule has 0 aliphatic heterocycles. The average Bonchev–Trinajstić information content (AvgIpc) is 3.03. The van der Waals surface area contributed by atoms with Crippen LogP contribution < -0.4 is 4.74 Å². The fraction of sp³-hybridized carbons (Fsp3) is 0.640. The van der Waals surface area contributed by atoms with E-state index in [2.05, 4.69) is 27.7 Å². The summed E-state index contributed by atoms with van der Waals surface area (Å²) in [5.41, 5.74) is 2.55. The topological polar surface area (TPSA) is 54.0 Å². The lowest BCUT2D eigenvalue weighted by Gasteiger charge is -2.41. The summed E-state index contributed by atoms with van der Waals surface area (Å²) in [6, 6.07) is 7.66. The molecular formula is C25H36O5. The lowest BCUT2D eigenvalue weighted by atomic mass is 9.69. The van der Waals surface area contributed by atoms with Gasteiger partial charge in [0, 0.05) is 43.6 Å². The van der Waals surface area contributed by atoms with Crippen LogP contribution >= 0.6 is 0 Å². The third kappa shape index (κ3) is 4.20. The van der Waals surface area contributed by atoms with Crippen molar-refractivity contribution in [3.05, 3.63) is 41.0 Å². The smallest absolute Gasteiger partial charge is 0.198 e. The number of fused-ring (bicyclic) bond motifs is 1. The third-order valence-corrected chi connectivity index (χ3v) is 6.70. The Morgan fingerprint density at radius 1 is 1.10 bits per heavy atom. The van der Waals surface area contributed by atoms with Crippen LogP contribution in [-0.4, -0.2) is 38.8 Å². The van der Waals surface area contributed by atoms with E-state index in [1.165, 1.54) is 5.57 Å². The molecule has 0 unspecified atom stereocenters. The molecule has 1 aromatic rings. The van der Waals surface area contributed by atoms with Gasteiger partial charge in [-0.3, -0.25) is 4.79 Å². The summed E-state index contributed by atoms with van der Waals surface area (Å²) in [5.74, 6) is -0.128. The van der Waals surface area contributed by atoms with Crippen LogP contribution in [0.2, 0.25) is 0 Å². The fourth-order valence-corrected chi connectivity index (χ4v) is 5.05. The van der Waals surface area contributed by atoms with Gasteiger partial charge >= 0.3 is 0 Å². The van der Waals surface area contributed by atoms with Gasteiger partial charge in [-0.1, -0.05) is 24.6 Å². The predicted molar refractivity (Wildman–Crippen MR) is 117 cm³/mol. The predicted octanol–water partition coefficient (Wildman–Crippen LogP) is 5.17. The van der Waals surface area contributed by atoms with Crippen molar-refractivity contribution in [3.63, 3.8) is 0 Å². The number of Topliss-reactive ketones (excluding diaryl/α,β-unsaturated/α-hetero) is 1. The molecule has 2 aliphatic rings. The van der Waals surface area contributed by atoms with E-state index in [4.69, 9.17) is 18.9 Å². The van der Waals surface area contributed by atoms with Crippen molar-refractivity contribution in [1.29, 1.82) is 0 Å². The zero-order valence-corrected chi connectivity index (χ0v) is 19.5. The van der Waals surface area contributed by atoms with E-state index < -0.39 is 5.79 Å². The van der Waals surface area contributed by atoms with Gasteiger partial charge in [-0.05, 0) is 52.2 Å². The van der Waals surface area contributed by atoms with Gasteiger partial charge in [0.25, 0.3) is 0 Å². The first-order valence-corrected chi connectivity index (χ1v) is 10.8. The summed E-state index contributed by atoms with van der Waals surface area (Å²) in [7, 11) is 4.89. The van der Waals surface area contributed by atoms with Gasteiger partial charge in [0.2, 0.25) is 0 Å². The Labute approximate surface area is 180 Å². The molecule has 0 radical (unpaired) electrons. The van der Waals surface area contributed by atoms with Gasteiger partial charge in [-0.25, -0.2) is 0 Å². The molecule has 2 aliphatic carbocycles. The second-order valence-corrected chi connectivity index (χ2v) is 9.63. The lowest BCUT2D eigenvalue weighted by Crippen LogP contribution is -2.41. The molecule has 0 amide bonds. The normalized spacial score (nSPS) is 24.9. The van der Waals surface area contributed by atoms with Crippen LogP contribution in [0.15, 0.2) is 35.4 Å². The third-order valence-electron chi connectivity index (χ3n) is 6.70. The summed E-state index contributed by atoms with van der Waals surface area (Å²) in [6.07, 6.45) is 3.66. The standard InChI is InChI=1S/C25H36O5/c1-23(2,3)30-22-12-11-20-19(21(26)13-14-24(20,22)4)16-25(28-6,29-7)17-9-8-10-18(15-17)27-5/h8-10,15,22H,11-14,16H2,1-7H3/t22-,24-/m0/s1. The van der Waals surface area contributed by atoms with Crippen LogP contribution in [0.5, 0.6) is 5.75 Å². The second kappa shape index (κ2) is 8.45.